The number of aliphatic hydroxyl groups excluding tert-OH is 2. The topological polar surface area (TPSA) is 208 Å². The van der Waals surface area contributed by atoms with Crippen molar-refractivity contribution in [3.05, 3.63) is 125 Å². The number of hydrogen-bond acceptors (Lipinski definition) is 12. The summed E-state index contributed by atoms with van der Waals surface area (Å²) in [5.41, 5.74) is 4.58. The fourth-order valence-corrected chi connectivity index (χ4v) is 12.2. The number of aryl methyl sites for hydroxylation is 1. The largest absolute Gasteiger partial charge is 0.668 e. The van der Waals surface area contributed by atoms with E-state index in [2.05, 4.69) is 29.5 Å². The molecule has 7 atom stereocenters. The van der Waals surface area contributed by atoms with Crippen molar-refractivity contribution in [1.29, 1.82) is 0 Å². The minimum absolute atomic E-state index is 0.0627. The Morgan fingerprint density at radius 2 is 1.86 bits per heavy atom. The summed E-state index contributed by atoms with van der Waals surface area (Å²) in [6.07, 6.45) is 6.65. The number of carbonyl (C=O) groups excluding carboxylic acids is 1. The lowest BCUT2D eigenvalue weighted by atomic mass is 9.58. The van der Waals surface area contributed by atoms with Crippen LogP contribution in [0.25, 0.3) is 10.8 Å². The number of likely N-dealkylation sites (N-methyl/N-ethyl adjacent to an activating group) is 1. The van der Waals surface area contributed by atoms with Crippen LogP contribution in [0.2, 0.25) is 0 Å². The van der Waals surface area contributed by atoms with Crippen molar-refractivity contribution in [3.8, 4) is 34.5 Å². The molecule has 1 spiro atoms. The van der Waals surface area contributed by atoms with Gasteiger partial charge in [-0.3, -0.25) is 4.79 Å². The number of phenolic OH excluding ortho intramolecular Hbond substituents is 4. The van der Waals surface area contributed by atoms with E-state index < -0.39 is 35.4 Å². The van der Waals surface area contributed by atoms with Crippen molar-refractivity contribution in [3.63, 3.8) is 0 Å². The number of ketones is 1. The number of pyridine rings is 1. The lowest BCUT2D eigenvalue weighted by Crippen LogP contribution is -2.51. The van der Waals surface area contributed by atoms with Crippen molar-refractivity contribution >= 4 is 28.1 Å². The summed E-state index contributed by atoms with van der Waals surface area (Å²) >= 11 is 0. The second-order valence-electron chi connectivity index (χ2n) is 20.3. The summed E-state index contributed by atoms with van der Waals surface area (Å²) in [7, 11) is 1.88. The summed E-state index contributed by atoms with van der Waals surface area (Å²) in [4.78, 5) is 25.8. The number of phenols is 4. The maximum absolute atomic E-state index is 16.3. The molecule has 0 saturated heterocycles. The van der Waals surface area contributed by atoms with E-state index in [1.165, 1.54) is 6.07 Å². The van der Waals surface area contributed by atoms with Crippen molar-refractivity contribution in [2.24, 2.45) is 17.8 Å². The Bertz CT molecular complexity index is 2800. The second-order valence-corrected chi connectivity index (χ2v) is 20.3. The van der Waals surface area contributed by atoms with E-state index in [0.717, 1.165) is 63.7 Å². The van der Waals surface area contributed by atoms with Crippen LogP contribution in [-0.2, 0) is 29.5 Å². The highest BCUT2D eigenvalue weighted by molar-refractivity contribution is 5.93. The molecule has 7 unspecified atom stereocenters. The van der Waals surface area contributed by atoms with Crippen molar-refractivity contribution < 1.29 is 44.9 Å². The number of ether oxygens (including phenoxy) is 2. The Kier molecular flexibility index (Phi) is 14.6. The molecule has 0 amide bonds. The third-order valence-corrected chi connectivity index (χ3v) is 15.4. The molecule has 13 nitrogen and oxygen atoms in total. The van der Waals surface area contributed by atoms with Crippen LogP contribution in [0, 0.1) is 17.8 Å². The quantitative estimate of drug-likeness (QED) is 0.0379. The lowest BCUT2D eigenvalue weighted by Gasteiger charge is -2.46. The number of fused-ring (bicyclic) bond motifs is 7. The van der Waals surface area contributed by atoms with Crippen LogP contribution in [-0.4, -0.2) is 80.4 Å². The van der Waals surface area contributed by atoms with E-state index in [-0.39, 0.29) is 53.3 Å². The monoisotopic (exact) mass is 951 g/mol. The number of aromatic hydroxyl groups is 4. The van der Waals surface area contributed by atoms with Gasteiger partial charge in [-0.2, -0.15) is 11.9 Å². The molecule has 2 aromatic heterocycles. The van der Waals surface area contributed by atoms with Gasteiger partial charge in [-0.1, -0.05) is 44.2 Å². The van der Waals surface area contributed by atoms with E-state index in [0.29, 0.717) is 81.3 Å². The highest BCUT2D eigenvalue weighted by atomic mass is 16.5. The van der Waals surface area contributed by atoms with Crippen molar-refractivity contribution in [2.45, 2.75) is 114 Å². The number of carbonyl (C=O) groups is 1. The first kappa shape index (κ1) is 48.7. The molecule has 370 valence electrons. The van der Waals surface area contributed by atoms with Crippen molar-refractivity contribution in [1.82, 2.24) is 15.3 Å². The highest BCUT2D eigenvalue weighted by Gasteiger charge is 2.57. The Balaban J connectivity index is 1.23. The summed E-state index contributed by atoms with van der Waals surface area (Å²) < 4.78 is 12.1. The number of aliphatic hydroxyl groups is 2. The lowest BCUT2D eigenvalue weighted by molar-refractivity contribution is -0.132. The van der Waals surface area contributed by atoms with Gasteiger partial charge in [0.2, 0.25) is 5.75 Å². The van der Waals surface area contributed by atoms with Gasteiger partial charge in [0, 0.05) is 35.8 Å². The standard InChI is InChI=1S/C57H67N4O9/c1-33(2)7-5-23-69-51-29-37(28-50(67)55(51)68)36-25-38(32-58-3)53-42-14-13-41(62)26-35(42)10-15-45(53)61-52-30-39(19-22-60-52)57(20-18-46(63)44(57)31-40-8-4-21-59-40)54(49(66)27-36)47(64)16-11-34-12-17-48(65)56-43(34)9-6-24-70-56/h4,8,10,12-15,17,19,21-22,26,28-30,33,36,38,44,46-47,54,58,62-65,67-68H,5-7,9,11,16,18,20,23-25,27,31-32H2,1-3H3,(H,60,61)/q-1. The van der Waals surface area contributed by atoms with Crippen LogP contribution in [0.4, 0.5) is 11.5 Å². The van der Waals surface area contributed by atoms with Crippen LogP contribution >= 0.6 is 0 Å². The third-order valence-electron chi connectivity index (χ3n) is 15.4. The first-order valence-corrected chi connectivity index (χ1v) is 25.1. The molecule has 13 heteroatoms. The zero-order valence-corrected chi connectivity index (χ0v) is 40.4. The Morgan fingerprint density at radius 1 is 1.00 bits per heavy atom. The number of rotatable bonds is 14. The van der Waals surface area contributed by atoms with Gasteiger partial charge < -0.3 is 55.7 Å². The van der Waals surface area contributed by atoms with E-state index in [1.54, 1.807) is 36.7 Å². The number of aromatic nitrogens is 2. The Hall–Kier alpha value is -6.28. The molecule has 8 N–H and O–H groups in total. The molecule has 6 aromatic rings. The molecule has 2 bridgehead atoms. The van der Waals surface area contributed by atoms with Gasteiger partial charge in [0.1, 0.15) is 17.4 Å². The molecule has 1 aliphatic carbocycles. The molecular formula is C57H67N4O9-. The van der Waals surface area contributed by atoms with Gasteiger partial charge >= 0.3 is 0 Å². The van der Waals surface area contributed by atoms with Crippen LogP contribution in [0.5, 0.6) is 34.5 Å². The number of hydrogen-bond donors (Lipinski definition) is 8. The number of anilines is 2. The predicted molar refractivity (Wildman–Crippen MR) is 270 cm³/mol. The average molecular weight is 952 g/mol. The van der Waals surface area contributed by atoms with Crippen LogP contribution < -0.4 is 25.1 Å². The molecule has 1 fully saturated rings. The van der Waals surface area contributed by atoms with E-state index in [9.17, 15) is 30.6 Å². The maximum atomic E-state index is 16.3. The van der Waals surface area contributed by atoms with Gasteiger partial charge in [-0.15, -0.1) is 0 Å². The Labute approximate surface area is 409 Å². The first-order valence-electron chi connectivity index (χ1n) is 25.1. The van der Waals surface area contributed by atoms with Gasteiger partial charge in [0.05, 0.1) is 31.3 Å². The number of nitrogens with zero attached hydrogens (tertiary/aromatic N) is 2. The fraction of sp³-hybridized carbons (Fsp3) is 0.439. The SMILES string of the molecule is CNCC1CC(c2cc(O)c(O)c(OCCCC(C)C)c2)CC(=O)C(C(O)CCc2ccc(O)c3c2CCCO3)C2(CCC(O)C2Cc2ccc[n-]2)c2ccnc(c2)Nc2ccc3cc(O)ccc3c21. The van der Waals surface area contributed by atoms with Gasteiger partial charge in [-0.05, 0) is 176 Å². The van der Waals surface area contributed by atoms with Gasteiger partial charge in [0.25, 0.3) is 0 Å². The first-order chi connectivity index (χ1) is 33.8. The highest BCUT2D eigenvalue weighted by Crippen LogP contribution is 2.56. The summed E-state index contributed by atoms with van der Waals surface area (Å²) in [6, 6.07) is 23.7. The summed E-state index contributed by atoms with van der Waals surface area (Å²) in [6.45, 7) is 5.57. The molecule has 1 saturated carbocycles. The predicted octanol–water partition coefficient (Wildman–Crippen LogP) is 9.21. The zero-order valence-electron chi connectivity index (χ0n) is 40.4. The second kappa shape index (κ2) is 21.0. The molecular weight excluding hydrogens is 885 g/mol. The van der Waals surface area contributed by atoms with Crippen LogP contribution in [0.3, 0.4) is 0 Å². The number of nitrogens with one attached hydrogen (secondary N) is 2. The minimum atomic E-state index is -1.20. The normalized spacial score (nSPS) is 22.9. The van der Waals surface area contributed by atoms with E-state index in [1.807, 2.05) is 55.6 Å². The smallest absolute Gasteiger partial charge is 0.200 e. The molecule has 2 aliphatic heterocycles. The summed E-state index contributed by atoms with van der Waals surface area (Å²) in [5.74, 6) is -1.60. The van der Waals surface area contributed by atoms with E-state index in [4.69, 9.17) is 14.5 Å². The number of Topliss-reactive ketones (excluding diaryl/α,β-unsaturated/α-hetero) is 1. The molecule has 4 heterocycles. The average Bonchev–Trinajstić information content (AvgIpc) is 3.98. The molecule has 70 heavy (non-hydrogen) atoms. The van der Waals surface area contributed by atoms with E-state index >= 15 is 4.79 Å². The van der Waals surface area contributed by atoms with Crippen LogP contribution in [0.1, 0.15) is 111 Å². The maximum Gasteiger partial charge on any atom is 0.200 e. The van der Waals surface area contributed by atoms with Crippen molar-refractivity contribution in [2.75, 3.05) is 32.1 Å². The Morgan fingerprint density at radius 3 is 2.66 bits per heavy atom. The zero-order chi connectivity index (χ0) is 49.1. The summed E-state index contributed by atoms with van der Waals surface area (Å²) in [5, 5.41) is 78.2. The molecule has 4 aromatic carbocycles. The number of benzene rings is 4. The van der Waals surface area contributed by atoms with Crippen LogP contribution in [0.15, 0.2) is 91.3 Å². The fourth-order valence-electron chi connectivity index (χ4n) is 12.2. The molecule has 3 aliphatic rings. The molecule has 0 radical (unpaired) electrons. The molecule has 9 rings (SSSR count). The van der Waals surface area contributed by atoms with Gasteiger partial charge in [0.15, 0.2) is 23.0 Å². The minimum Gasteiger partial charge on any atom is -0.668 e. The van der Waals surface area contributed by atoms with Gasteiger partial charge in [-0.25, -0.2) is 4.98 Å². The third kappa shape index (κ3) is 9.89.